The minimum atomic E-state index is -0.358. The summed E-state index contributed by atoms with van der Waals surface area (Å²) in [5, 5.41) is 7.25. The number of hydrogen-bond donors (Lipinski definition) is 1. The largest absolute Gasteiger partial charge is 0.497 e. The van der Waals surface area contributed by atoms with E-state index in [1.165, 1.54) is 11.8 Å². The summed E-state index contributed by atoms with van der Waals surface area (Å²) in [5.41, 5.74) is 2.60. The van der Waals surface area contributed by atoms with Gasteiger partial charge in [0.1, 0.15) is 21.9 Å². The highest BCUT2D eigenvalue weighted by Crippen LogP contribution is 2.40. The summed E-state index contributed by atoms with van der Waals surface area (Å²) in [6, 6.07) is 12.9. The first-order valence-electron chi connectivity index (χ1n) is 9.79. The van der Waals surface area contributed by atoms with Crippen LogP contribution < -0.4 is 10.1 Å². The quantitative estimate of drug-likeness (QED) is 0.213. The van der Waals surface area contributed by atoms with Crippen LogP contribution in [-0.2, 0) is 4.79 Å². The molecule has 0 fully saturated rings. The first-order valence-corrected chi connectivity index (χ1v) is 12.3. The Morgan fingerprint density at radius 1 is 1.19 bits per heavy atom. The number of benzene rings is 2. The van der Waals surface area contributed by atoms with Gasteiger partial charge in [0, 0.05) is 16.0 Å². The number of methoxy groups -OCH3 is 1. The third-order valence-electron chi connectivity index (χ3n) is 4.84. The van der Waals surface area contributed by atoms with Crippen molar-refractivity contribution in [3.63, 3.8) is 0 Å². The maximum absolute atomic E-state index is 13.0. The van der Waals surface area contributed by atoms with Gasteiger partial charge in [0.05, 0.1) is 28.5 Å². The average Bonchev–Trinajstić information content (AvgIpc) is 3.24. The van der Waals surface area contributed by atoms with E-state index >= 15 is 0 Å². The van der Waals surface area contributed by atoms with Crippen LogP contribution in [0.2, 0.25) is 10.0 Å². The minimum Gasteiger partial charge on any atom is -0.497 e. The fraction of sp³-hybridized carbons (Fsp3) is 0.174. The van der Waals surface area contributed by atoms with Crippen LogP contribution in [0.3, 0.4) is 0 Å². The predicted molar refractivity (Wildman–Crippen MR) is 134 cm³/mol. The molecule has 9 heteroatoms. The number of thioether (sulfide) groups is 1. The van der Waals surface area contributed by atoms with Crippen molar-refractivity contribution in [1.29, 1.82) is 0 Å². The molecule has 32 heavy (non-hydrogen) atoms. The summed E-state index contributed by atoms with van der Waals surface area (Å²) in [4.78, 5) is 22.8. The molecule has 0 spiro atoms. The van der Waals surface area contributed by atoms with Crippen molar-refractivity contribution in [1.82, 2.24) is 9.97 Å². The van der Waals surface area contributed by atoms with E-state index in [2.05, 4.69) is 20.7 Å². The number of nitrogens with one attached hydrogen (secondary N) is 1. The Morgan fingerprint density at radius 3 is 2.66 bits per heavy atom. The van der Waals surface area contributed by atoms with Crippen molar-refractivity contribution in [2.45, 2.75) is 23.6 Å². The molecule has 0 aliphatic heterocycles. The molecule has 1 amide bonds. The molecule has 2 heterocycles. The molecule has 1 unspecified atom stereocenters. The SMILES string of the molecule is CCC(Sc1ncnc2scc(-c3ccc(OC)cc3)c12)C(=O)Nc1ccc(Cl)cc1Cl. The minimum absolute atomic E-state index is 0.144. The second-order valence-corrected chi connectivity index (χ2v) is 9.76. The van der Waals surface area contributed by atoms with Crippen molar-refractivity contribution in [3.8, 4) is 16.9 Å². The predicted octanol–water partition coefficient (Wildman–Crippen LogP) is 7.18. The summed E-state index contributed by atoms with van der Waals surface area (Å²) >= 11 is 15.2. The zero-order valence-electron chi connectivity index (χ0n) is 17.3. The van der Waals surface area contributed by atoms with Crippen LogP contribution in [0.15, 0.2) is 59.2 Å². The molecule has 2 aromatic heterocycles. The van der Waals surface area contributed by atoms with Crippen molar-refractivity contribution in [2.24, 2.45) is 0 Å². The molecule has 164 valence electrons. The van der Waals surface area contributed by atoms with Gasteiger partial charge < -0.3 is 10.1 Å². The topological polar surface area (TPSA) is 64.1 Å². The molecule has 1 N–H and O–H groups in total. The average molecular weight is 504 g/mol. The van der Waals surface area contributed by atoms with E-state index in [9.17, 15) is 4.79 Å². The molecule has 5 nitrogen and oxygen atoms in total. The van der Waals surface area contributed by atoms with Gasteiger partial charge in [0.25, 0.3) is 0 Å². The van der Waals surface area contributed by atoms with Crippen molar-refractivity contribution in [3.05, 3.63) is 64.2 Å². The number of aromatic nitrogens is 2. The normalized spacial score (nSPS) is 12.0. The number of carbonyl (C=O) groups excluding carboxylic acids is 1. The number of halogens is 2. The Balaban J connectivity index is 1.63. The van der Waals surface area contributed by atoms with Gasteiger partial charge in [-0.25, -0.2) is 9.97 Å². The molecule has 0 saturated carbocycles. The second-order valence-electron chi connectivity index (χ2n) is 6.87. The van der Waals surface area contributed by atoms with Gasteiger partial charge in [-0.05, 0) is 42.3 Å². The van der Waals surface area contributed by atoms with Crippen LogP contribution >= 0.6 is 46.3 Å². The third-order valence-corrected chi connectivity index (χ3v) is 7.64. The number of rotatable bonds is 7. The fourth-order valence-electron chi connectivity index (χ4n) is 3.18. The highest BCUT2D eigenvalue weighted by molar-refractivity contribution is 8.00. The number of hydrogen-bond acceptors (Lipinski definition) is 6. The summed E-state index contributed by atoms with van der Waals surface area (Å²) in [6.45, 7) is 1.97. The Morgan fingerprint density at radius 2 is 1.97 bits per heavy atom. The molecule has 0 bridgehead atoms. The second kappa shape index (κ2) is 10.1. The van der Waals surface area contributed by atoms with Gasteiger partial charge >= 0.3 is 0 Å². The Kier molecular flexibility index (Phi) is 7.20. The first-order chi connectivity index (χ1) is 15.5. The van der Waals surface area contributed by atoms with Crippen LogP contribution in [0.25, 0.3) is 21.3 Å². The van der Waals surface area contributed by atoms with Crippen molar-refractivity contribution in [2.75, 3.05) is 12.4 Å². The molecule has 0 radical (unpaired) electrons. The molecule has 0 aliphatic rings. The van der Waals surface area contributed by atoms with Gasteiger partial charge in [-0.2, -0.15) is 0 Å². The zero-order valence-corrected chi connectivity index (χ0v) is 20.4. The van der Waals surface area contributed by atoms with Crippen LogP contribution in [-0.4, -0.2) is 28.2 Å². The highest BCUT2D eigenvalue weighted by atomic mass is 35.5. The lowest BCUT2D eigenvalue weighted by atomic mass is 10.1. The van der Waals surface area contributed by atoms with E-state index in [1.54, 1.807) is 43.0 Å². The number of thiophene rings is 1. The van der Waals surface area contributed by atoms with Crippen molar-refractivity contribution < 1.29 is 9.53 Å². The van der Waals surface area contributed by atoms with E-state index in [0.717, 1.165) is 32.1 Å². The van der Waals surface area contributed by atoms with E-state index < -0.39 is 0 Å². The zero-order chi connectivity index (χ0) is 22.7. The van der Waals surface area contributed by atoms with Gasteiger partial charge in [-0.1, -0.05) is 54.0 Å². The lowest BCUT2D eigenvalue weighted by Crippen LogP contribution is -2.24. The van der Waals surface area contributed by atoms with E-state index in [1.807, 2.05) is 31.2 Å². The first kappa shape index (κ1) is 22.9. The standard InChI is InChI=1S/C23H19Cl2N3O2S2/c1-3-19(21(29)28-18-9-6-14(24)10-17(18)25)32-23-20-16(11-31-22(20)26-12-27-23)13-4-7-15(30-2)8-5-13/h4-12,19H,3H2,1-2H3,(H,28,29). The number of carbonyl (C=O) groups is 1. The molecule has 4 rings (SSSR count). The van der Waals surface area contributed by atoms with E-state index in [0.29, 0.717) is 22.2 Å². The molecular formula is C23H19Cl2N3O2S2. The number of amides is 1. The highest BCUT2D eigenvalue weighted by Gasteiger charge is 2.23. The lowest BCUT2D eigenvalue weighted by molar-refractivity contribution is -0.115. The molecular weight excluding hydrogens is 485 g/mol. The number of nitrogens with zero attached hydrogens (tertiary/aromatic N) is 2. The lowest BCUT2D eigenvalue weighted by Gasteiger charge is -2.16. The molecule has 4 aromatic rings. The summed E-state index contributed by atoms with van der Waals surface area (Å²) in [7, 11) is 1.64. The Hall–Kier alpha value is -2.32. The van der Waals surface area contributed by atoms with E-state index in [-0.39, 0.29) is 11.2 Å². The Labute approximate surface area is 204 Å². The summed E-state index contributed by atoms with van der Waals surface area (Å²) in [5.74, 6) is 0.650. The Bertz CT molecular complexity index is 1260. The number of fused-ring (bicyclic) bond motifs is 1. The van der Waals surface area contributed by atoms with Crippen LogP contribution in [0.5, 0.6) is 5.75 Å². The molecule has 0 saturated heterocycles. The molecule has 1 atom stereocenters. The maximum Gasteiger partial charge on any atom is 0.237 e. The van der Waals surface area contributed by atoms with Crippen LogP contribution in [0.1, 0.15) is 13.3 Å². The van der Waals surface area contributed by atoms with Gasteiger partial charge in [0.2, 0.25) is 5.91 Å². The summed E-state index contributed by atoms with van der Waals surface area (Å²) < 4.78 is 5.27. The smallest absolute Gasteiger partial charge is 0.237 e. The van der Waals surface area contributed by atoms with Crippen molar-refractivity contribution >= 4 is 68.1 Å². The third kappa shape index (κ3) is 4.86. The molecule has 2 aromatic carbocycles. The number of anilines is 1. The van der Waals surface area contributed by atoms with Gasteiger partial charge in [0.15, 0.2) is 0 Å². The maximum atomic E-state index is 13.0. The monoisotopic (exact) mass is 503 g/mol. The van der Waals surface area contributed by atoms with Gasteiger partial charge in [-0.3, -0.25) is 4.79 Å². The number of ether oxygens (including phenoxy) is 1. The van der Waals surface area contributed by atoms with E-state index in [4.69, 9.17) is 27.9 Å². The van der Waals surface area contributed by atoms with Crippen LogP contribution in [0.4, 0.5) is 5.69 Å². The molecule has 0 aliphatic carbocycles. The van der Waals surface area contributed by atoms with Crippen LogP contribution in [0, 0.1) is 0 Å². The summed E-state index contributed by atoms with van der Waals surface area (Å²) in [6.07, 6.45) is 2.16. The fourth-order valence-corrected chi connectivity index (χ4v) is 5.65. The van der Waals surface area contributed by atoms with Gasteiger partial charge in [-0.15, -0.1) is 11.3 Å².